The zero-order valence-corrected chi connectivity index (χ0v) is 16.2. The Bertz CT molecular complexity index is 751. The molecule has 6 N–H and O–H groups in total. The maximum atomic E-state index is 12.9. The first-order chi connectivity index (χ1) is 14.5. The molecule has 1 aliphatic rings. The Balaban J connectivity index is 2.16. The first-order valence-corrected chi connectivity index (χ1v) is 9.34. The number of nitro benzene ring substituents is 1. The van der Waals surface area contributed by atoms with Crippen LogP contribution >= 0.6 is 0 Å². The van der Waals surface area contributed by atoms with Gasteiger partial charge in [0.2, 0.25) is 0 Å². The highest BCUT2D eigenvalue weighted by atomic mass is 19.4. The number of non-ortho nitro benzene ring substituents is 1. The van der Waals surface area contributed by atoms with Gasteiger partial charge in [-0.25, -0.2) is 0 Å². The lowest BCUT2D eigenvalue weighted by atomic mass is 10.0. The first kappa shape index (κ1) is 24.9. The van der Waals surface area contributed by atoms with E-state index in [-0.39, 0.29) is 30.1 Å². The van der Waals surface area contributed by atoms with Crippen LogP contribution in [0.3, 0.4) is 0 Å². The van der Waals surface area contributed by atoms with Gasteiger partial charge in [0.15, 0.2) is 0 Å². The highest BCUT2D eigenvalue weighted by Crippen LogP contribution is 2.19. The summed E-state index contributed by atoms with van der Waals surface area (Å²) < 4.78 is 38.6. The number of halogens is 3. The van der Waals surface area contributed by atoms with Gasteiger partial charge in [-0.2, -0.15) is 13.2 Å². The second-order valence-electron chi connectivity index (χ2n) is 6.94. The smallest absolute Gasteiger partial charge is 0.377 e. The van der Waals surface area contributed by atoms with Crippen molar-refractivity contribution in [3.8, 4) is 0 Å². The van der Waals surface area contributed by atoms with Crippen molar-refractivity contribution in [2.24, 2.45) is 0 Å². The number of nitrogens with zero attached hydrogens (tertiary/aromatic N) is 2. The average molecular weight is 451 g/mol. The zero-order chi connectivity index (χ0) is 23.2. The maximum absolute atomic E-state index is 12.9. The van der Waals surface area contributed by atoms with Crippen LogP contribution in [0.5, 0.6) is 0 Å². The van der Waals surface area contributed by atoms with E-state index in [2.05, 4.69) is 16.0 Å². The molecule has 31 heavy (non-hydrogen) atoms. The lowest BCUT2D eigenvalue weighted by Gasteiger charge is -2.33. The summed E-state index contributed by atoms with van der Waals surface area (Å²) >= 11 is 0. The molecule has 1 aromatic rings. The fourth-order valence-electron chi connectivity index (χ4n) is 3.02. The van der Waals surface area contributed by atoms with E-state index >= 15 is 0 Å². The van der Waals surface area contributed by atoms with Gasteiger partial charge in [-0.3, -0.25) is 25.5 Å². The first-order valence-electron chi connectivity index (χ1n) is 9.34. The molecular formula is C17H24F3N5O6. The van der Waals surface area contributed by atoms with E-state index in [1.54, 1.807) is 0 Å². The summed E-state index contributed by atoms with van der Waals surface area (Å²) in [6.45, 7) is -1.45. The van der Waals surface area contributed by atoms with Crippen molar-refractivity contribution in [3.05, 3.63) is 39.9 Å². The van der Waals surface area contributed by atoms with E-state index in [9.17, 15) is 43.4 Å². The molecule has 1 heterocycles. The minimum absolute atomic E-state index is 0.126. The number of rotatable bonds is 3. The number of amides is 1. The van der Waals surface area contributed by atoms with E-state index < -0.39 is 54.8 Å². The summed E-state index contributed by atoms with van der Waals surface area (Å²) in [5, 5.41) is 48.9. The molecule has 0 radical (unpaired) electrons. The van der Waals surface area contributed by atoms with Gasteiger partial charge >= 0.3 is 12.1 Å². The fourth-order valence-corrected chi connectivity index (χ4v) is 3.02. The molecule has 4 unspecified atom stereocenters. The number of β-amino-alcohol motifs (C(OH)–C–C–N with tert-alkyl or cyclic N) is 2. The molecule has 1 aromatic carbocycles. The van der Waals surface area contributed by atoms with Gasteiger partial charge in [0.1, 0.15) is 18.7 Å². The number of hydrogen-bond acceptors (Lipinski definition) is 9. The van der Waals surface area contributed by atoms with Crippen molar-refractivity contribution in [1.29, 1.82) is 0 Å². The third-order valence-electron chi connectivity index (χ3n) is 4.66. The number of carbonyl (C=O) groups excluding carboxylic acids is 1. The van der Waals surface area contributed by atoms with Crippen LogP contribution in [-0.2, 0) is 11.2 Å². The van der Waals surface area contributed by atoms with Gasteiger partial charge < -0.3 is 25.5 Å². The Hall–Kier alpha value is -2.36. The molecular weight excluding hydrogens is 427 g/mol. The Morgan fingerprint density at radius 3 is 2.35 bits per heavy atom. The third kappa shape index (κ3) is 7.37. The summed E-state index contributed by atoms with van der Waals surface area (Å²) in [6.07, 6.45) is -9.49. The molecule has 1 saturated heterocycles. The minimum atomic E-state index is -5.20. The average Bonchev–Trinajstić information content (AvgIpc) is 2.71. The van der Waals surface area contributed by atoms with Crippen molar-refractivity contribution in [1.82, 2.24) is 20.9 Å². The second-order valence-corrected chi connectivity index (χ2v) is 6.94. The predicted molar refractivity (Wildman–Crippen MR) is 100 cm³/mol. The number of aliphatic hydroxyl groups excluding tert-OH is 3. The van der Waals surface area contributed by atoms with Crippen LogP contribution < -0.4 is 16.0 Å². The number of benzene rings is 1. The topological polar surface area (TPSA) is 160 Å². The molecule has 11 nitrogen and oxygen atoms in total. The molecule has 174 valence electrons. The molecule has 0 spiro atoms. The molecule has 1 amide bonds. The Morgan fingerprint density at radius 2 is 1.77 bits per heavy atom. The molecule has 2 rings (SSSR count). The van der Waals surface area contributed by atoms with Crippen LogP contribution in [0.2, 0.25) is 0 Å². The van der Waals surface area contributed by atoms with Crippen LogP contribution in [0.4, 0.5) is 18.9 Å². The molecule has 0 aromatic heterocycles. The SMILES string of the molecule is O=C(N1CCNC(Cc2ccc([N+](=O)[O-])cc2)C(O)NCC(O)NCC1O)C(F)(F)F. The van der Waals surface area contributed by atoms with Crippen LogP contribution in [-0.4, -0.2) is 88.1 Å². The molecule has 1 aliphatic heterocycles. The lowest BCUT2D eigenvalue weighted by Crippen LogP contribution is -2.58. The highest BCUT2D eigenvalue weighted by Gasteiger charge is 2.44. The molecule has 4 atom stereocenters. The van der Waals surface area contributed by atoms with Crippen molar-refractivity contribution in [2.45, 2.75) is 37.3 Å². The zero-order valence-electron chi connectivity index (χ0n) is 16.2. The van der Waals surface area contributed by atoms with Gasteiger partial charge in [0.05, 0.1) is 11.0 Å². The predicted octanol–water partition coefficient (Wildman–Crippen LogP) is -1.37. The quantitative estimate of drug-likeness (QED) is 0.241. The number of alkyl halides is 3. The molecule has 1 fully saturated rings. The van der Waals surface area contributed by atoms with E-state index in [1.165, 1.54) is 24.3 Å². The van der Waals surface area contributed by atoms with Gasteiger partial charge in [-0.15, -0.1) is 0 Å². The third-order valence-corrected chi connectivity index (χ3v) is 4.66. The highest BCUT2D eigenvalue weighted by molar-refractivity contribution is 5.82. The summed E-state index contributed by atoms with van der Waals surface area (Å²) in [6, 6.07) is 4.72. The molecule has 14 heteroatoms. The largest absolute Gasteiger partial charge is 0.471 e. The Kier molecular flexibility index (Phi) is 8.67. The summed E-state index contributed by atoms with van der Waals surface area (Å²) in [7, 11) is 0. The fraction of sp³-hybridized carbons (Fsp3) is 0.588. The number of hydrogen-bond donors (Lipinski definition) is 6. The molecule has 0 aliphatic carbocycles. The Labute approximate surface area is 175 Å². The number of carbonyl (C=O) groups is 1. The van der Waals surface area contributed by atoms with Crippen LogP contribution in [0.1, 0.15) is 5.56 Å². The summed E-state index contributed by atoms with van der Waals surface area (Å²) in [4.78, 5) is 22.1. The summed E-state index contributed by atoms with van der Waals surface area (Å²) in [5.74, 6) is -2.24. The van der Waals surface area contributed by atoms with E-state index in [1.807, 2.05) is 0 Å². The maximum Gasteiger partial charge on any atom is 0.471 e. The van der Waals surface area contributed by atoms with Crippen molar-refractivity contribution < 1.29 is 38.2 Å². The van der Waals surface area contributed by atoms with E-state index in [0.29, 0.717) is 5.56 Å². The van der Waals surface area contributed by atoms with Gasteiger partial charge in [-0.1, -0.05) is 12.1 Å². The van der Waals surface area contributed by atoms with Crippen LogP contribution in [0, 0.1) is 10.1 Å². The minimum Gasteiger partial charge on any atom is -0.377 e. The van der Waals surface area contributed by atoms with Crippen molar-refractivity contribution in [3.63, 3.8) is 0 Å². The number of aliphatic hydroxyl groups is 3. The van der Waals surface area contributed by atoms with Gasteiger partial charge in [0.25, 0.3) is 5.69 Å². The van der Waals surface area contributed by atoms with Gasteiger partial charge in [0, 0.05) is 38.3 Å². The monoisotopic (exact) mass is 451 g/mol. The number of nitrogens with one attached hydrogen (secondary N) is 3. The number of nitro groups is 1. The van der Waals surface area contributed by atoms with E-state index in [4.69, 9.17) is 0 Å². The van der Waals surface area contributed by atoms with Crippen LogP contribution in [0.25, 0.3) is 0 Å². The molecule has 0 bridgehead atoms. The second kappa shape index (κ2) is 10.8. The van der Waals surface area contributed by atoms with E-state index in [0.717, 1.165) is 0 Å². The molecule has 0 saturated carbocycles. The Morgan fingerprint density at radius 1 is 1.13 bits per heavy atom. The van der Waals surface area contributed by atoms with Crippen LogP contribution in [0.15, 0.2) is 24.3 Å². The van der Waals surface area contributed by atoms with Crippen molar-refractivity contribution >= 4 is 11.6 Å². The lowest BCUT2D eigenvalue weighted by molar-refractivity contribution is -0.384. The van der Waals surface area contributed by atoms with Gasteiger partial charge in [-0.05, 0) is 12.0 Å². The van der Waals surface area contributed by atoms with Crippen molar-refractivity contribution in [2.75, 3.05) is 26.2 Å². The normalized spacial score (nSPS) is 26.6. The summed E-state index contributed by atoms with van der Waals surface area (Å²) in [5.41, 5.74) is 0.469. The standard InChI is InChI=1S/C17H24F3N5O6/c18-17(19,20)16(29)24-6-5-21-12(7-10-1-3-11(4-2-10)25(30)31)15(28)23-8-13(26)22-9-14(24)27/h1-4,12-15,21-23,26-28H,5-9H2.